The third-order valence-electron chi connectivity index (χ3n) is 3.02. The summed E-state index contributed by atoms with van der Waals surface area (Å²) in [6.45, 7) is 1.47. The van der Waals surface area contributed by atoms with Crippen LogP contribution in [0.25, 0.3) is 0 Å². The van der Waals surface area contributed by atoms with E-state index < -0.39 is 0 Å². The number of carbonyl (C=O) groups is 1. The van der Waals surface area contributed by atoms with Crippen molar-refractivity contribution in [2.24, 2.45) is 5.73 Å². The van der Waals surface area contributed by atoms with Crippen LogP contribution in [0.3, 0.4) is 0 Å². The first-order chi connectivity index (χ1) is 10.1. The van der Waals surface area contributed by atoms with Crippen LogP contribution in [0, 0.1) is 0 Å². The van der Waals surface area contributed by atoms with Gasteiger partial charge >= 0.3 is 0 Å². The first kappa shape index (κ1) is 15.0. The molecule has 0 bridgehead atoms. The van der Waals surface area contributed by atoms with E-state index in [1.54, 1.807) is 29.9 Å². The van der Waals surface area contributed by atoms with E-state index in [0.29, 0.717) is 25.3 Å². The van der Waals surface area contributed by atoms with Gasteiger partial charge in [0, 0.05) is 20.1 Å². The Bertz CT molecular complexity index is 611. The molecule has 0 radical (unpaired) electrons. The molecule has 0 spiro atoms. The lowest BCUT2D eigenvalue weighted by atomic mass is 10.2. The van der Waals surface area contributed by atoms with Gasteiger partial charge in [0.25, 0.3) is 5.91 Å². The number of methoxy groups -OCH3 is 1. The highest BCUT2D eigenvalue weighted by atomic mass is 16.5. The van der Waals surface area contributed by atoms with E-state index in [9.17, 15) is 4.79 Å². The number of nitrogens with two attached hydrogens (primary N) is 1. The zero-order valence-electron chi connectivity index (χ0n) is 12.2. The molecule has 1 heterocycles. The van der Waals surface area contributed by atoms with Gasteiger partial charge in [0.05, 0.1) is 19.9 Å². The van der Waals surface area contributed by atoms with Crippen LogP contribution in [0.4, 0.5) is 0 Å². The fourth-order valence-electron chi connectivity index (χ4n) is 1.95. The Labute approximate surface area is 123 Å². The van der Waals surface area contributed by atoms with Gasteiger partial charge in [-0.05, 0) is 17.7 Å². The molecule has 1 amide bonds. The number of nitrogens with zero attached hydrogens (tertiary/aromatic N) is 4. The van der Waals surface area contributed by atoms with Crippen LogP contribution >= 0.6 is 0 Å². The molecule has 2 aromatic rings. The largest absolute Gasteiger partial charge is 0.497 e. The maximum Gasteiger partial charge on any atom is 0.276 e. The third kappa shape index (κ3) is 3.79. The molecule has 21 heavy (non-hydrogen) atoms. The highest BCUT2D eigenvalue weighted by molar-refractivity contribution is 5.91. The maximum atomic E-state index is 12.3. The molecule has 7 heteroatoms. The standard InChI is InChI=1S/C14H19N5O2/c1-18(9-11-4-3-5-12(8-11)21-2)14(20)13-10-19(7-6-15)17-16-13/h3-5,8,10H,6-7,9,15H2,1-2H3. The molecule has 0 atom stereocenters. The van der Waals surface area contributed by atoms with E-state index in [0.717, 1.165) is 11.3 Å². The molecule has 0 saturated carbocycles. The van der Waals surface area contributed by atoms with Crippen LogP contribution in [0.1, 0.15) is 16.1 Å². The molecule has 0 fully saturated rings. The van der Waals surface area contributed by atoms with Crippen LogP contribution < -0.4 is 10.5 Å². The zero-order chi connectivity index (χ0) is 15.2. The van der Waals surface area contributed by atoms with Crippen molar-refractivity contribution in [3.8, 4) is 5.75 Å². The number of rotatable bonds is 6. The highest BCUT2D eigenvalue weighted by Crippen LogP contribution is 2.14. The van der Waals surface area contributed by atoms with E-state index in [4.69, 9.17) is 10.5 Å². The van der Waals surface area contributed by atoms with Gasteiger partial charge in [-0.15, -0.1) is 5.10 Å². The summed E-state index contributed by atoms with van der Waals surface area (Å²) in [6, 6.07) is 7.60. The van der Waals surface area contributed by atoms with Crippen LogP contribution in [0.15, 0.2) is 30.5 Å². The van der Waals surface area contributed by atoms with Crippen molar-refractivity contribution >= 4 is 5.91 Å². The average molecular weight is 289 g/mol. The molecular formula is C14H19N5O2. The summed E-state index contributed by atoms with van der Waals surface area (Å²) < 4.78 is 6.73. The van der Waals surface area contributed by atoms with Gasteiger partial charge in [0.15, 0.2) is 5.69 Å². The minimum absolute atomic E-state index is 0.180. The smallest absolute Gasteiger partial charge is 0.276 e. The quantitative estimate of drug-likeness (QED) is 0.837. The summed E-state index contributed by atoms with van der Waals surface area (Å²) in [4.78, 5) is 13.9. The second-order valence-corrected chi connectivity index (χ2v) is 4.67. The van der Waals surface area contributed by atoms with Crippen molar-refractivity contribution in [1.29, 1.82) is 0 Å². The van der Waals surface area contributed by atoms with Gasteiger partial charge in [-0.25, -0.2) is 0 Å². The summed E-state index contributed by atoms with van der Waals surface area (Å²) in [5.41, 5.74) is 6.74. The molecular weight excluding hydrogens is 270 g/mol. The van der Waals surface area contributed by atoms with E-state index in [1.165, 1.54) is 0 Å². The summed E-state index contributed by atoms with van der Waals surface area (Å²) >= 11 is 0. The van der Waals surface area contributed by atoms with E-state index in [-0.39, 0.29) is 5.91 Å². The van der Waals surface area contributed by atoms with Crippen molar-refractivity contribution in [3.63, 3.8) is 0 Å². The Hall–Kier alpha value is -2.41. The van der Waals surface area contributed by atoms with Crippen molar-refractivity contribution in [1.82, 2.24) is 19.9 Å². The fraction of sp³-hybridized carbons (Fsp3) is 0.357. The maximum absolute atomic E-state index is 12.3. The van der Waals surface area contributed by atoms with Gasteiger partial charge in [-0.3, -0.25) is 9.48 Å². The summed E-state index contributed by atoms with van der Waals surface area (Å²) in [7, 11) is 3.34. The minimum atomic E-state index is -0.180. The van der Waals surface area contributed by atoms with Crippen LogP contribution in [0.5, 0.6) is 5.75 Å². The summed E-state index contributed by atoms with van der Waals surface area (Å²) in [5, 5.41) is 7.74. The number of hydrogen-bond donors (Lipinski definition) is 1. The van der Waals surface area contributed by atoms with Gasteiger partial charge < -0.3 is 15.4 Å². The predicted octanol–water partition coefficient (Wildman–Crippen LogP) is 0.518. The second kappa shape index (κ2) is 6.85. The third-order valence-corrected chi connectivity index (χ3v) is 3.02. The zero-order valence-corrected chi connectivity index (χ0v) is 12.2. The van der Waals surface area contributed by atoms with Crippen LogP contribution in [0.2, 0.25) is 0 Å². The molecule has 0 aliphatic rings. The SMILES string of the molecule is COc1cccc(CN(C)C(=O)c2cn(CCN)nn2)c1. The van der Waals surface area contributed by atoms with E-state index in [2.05, 4.69) is 10.3 Å². The lowest BCUT2D eigenvalue weighted by Gasteiger charge is -2.16. The normalized spacial score (nSPS) is 10.4. The Morgan fingerprint density at radius 3 is 3.00 bits per heavy atom. The monoisotopic (exact) mass is 289 g/mol. The Morgan fingerprint density at radius 1 is 1.48 bits per heavy atom. The number of benzene rings is 1. The van der Waals surface area contributed by atoms with E-state index in [1.807, 2.05) is 24.3 Å². The lowest BCUT2D eigenvalue weighted by Crippen LogP contribution is -2.26. The first-order valence-electron chi connectivity index (χ1n) is 6.62. The summed E-state index contributed by atoms with van der Waals surface area (Å²) in [5.74, 6) is 0.586. The predicted molar refractivity (Wildman–Crippen MR) is 77.9 cm³/mol. The molecule has 0 saturated heterocycles. The molecule has 0 aliphatic carbocycles. The van der Waals surface area contributed by atoms with Crippen molar-refractivity contribution < 1.29 is 9.53 Å². The Balaban J connectivity index is 2.04. The van der Waals surface area contributed by atoms with Gasteiger partial charge in [-0.2, -0.15) is 0 Å². The second-order valence-electron chi connectivity index (χ2n) is 4.67. The average Bonchev–Trinajstić information content (AvgIpc) is 2.95. The molecule has 1 aromatic carbocycles. The summed E-state index contributed by atoms with van der Waals surface area (Å²) in [6.07, 6.45) is 1.61. The molecule has 0 aliphatic heterocycles. The van der Waals surface area contributed by atoms with E-state index >= 15 is 0 Å². The highest BCUT2D eigenvalue weighted by Gasteiger charge is 2.16. The Kier molecular flexibility index (Phi) is 4.89. The molecule has 0 unspecified atom stereocenters. The molecule has 2 rings (SSSR count). The van der Waals surface area contributed by atoms with Crippen LogP contribution in [-0.2, 0) is 13.1 Å². The van der Waals surface area contributed by atoms with Gasteiger partial charge in [0.2, 0.25) is 0 Å². The van der Waals surface area contributed by atoms with Crippen molar-refractivity contribution in [2.75, 3.05) is 20.7 Å². The molecule has 1 aromatic heterocycles. The number of carbonyl (C=O) groups excluding carboxylic acids is 1. The lowest BCUT2D eigenvalue weighted by molar-refractivity contribution is 0.0779. The number of hydrogen-bond acceptors (Lipinski definition) is 5. The molecule has 2 N–H and O–H groups in total. The molecule has 112 valence electrons. The van der Waals surface area contributed by atoms with Crippen molar-refractivity contribution in [2.45, 2.75) is 13.1 Å². The topological polar surface area (TPSA) is 86.3 Å². The number of ether oxygens (including phenoxy) is 1. The van der Waals surface area contributed by atoms with Gasteiger partial charge in [0.1, 0.15) is 5.75 Å². The molecule has 7 nitrogen and oxygen atoms in total. The Morgan fingerprint density at radius 2 is 2.29 bits per heavy atom. The number of aromatic nitrogens is 3. The van der Waals surface area contributed by atoms with Crippen LogP contribution in [-0.4, -0.2) is 46.5 Å². The van der Waals surface area contributed by atoms with Crippen molar-refractivity contribution in [3.05, 3.63) is 41.7 Å². The minimum Gasteiger partial charge on any atom is -0.497 e. The van der Waals surface area contributed by atoms with Gasteiger partial charge in [-0.1, -0.05) is 17.3 Å². The fourth-order valence-corrected chi connectivity index (χ4v) is 1.95. The first-order valence-corrected chi connectivity index (χ1v) is 6.62. The number of amides is 1.